The summed E-state index contributed by atoms with van der Waals surface area (Å²) in [6.07, 6.45) is 11.0. The predicted molar refractivity (Wildman–Crippen MR) is 94.3 cm³/mol. The van der Waals surface area contributed by atoms with Crippen LogP contribution in [0, 0.1) is 6.92 Å². The summed E-state index contributed by atoms with van der Waals surface area (Å²) in [4.78, 5) is 23.6. The van der Waals surface area contributed by atoms with Crippen molar-refractivity contribution < 1.29 is 4.79 Å². The summed E-state index contributed by atoms with van der Waals surface area (Å²) in [5, 5.41) is 4.24. The molecule has 1 amide bonds. The van der Waals surface area contributed by atoms with Gasteiger partial charge in [0, 0.05) is 36.9 Å². The second kappa shape index (κ2) is 6.63. The Morgan fingerprint density at radius 2 is 2.24 bits per heavy atom. The van der Waals surface area contributed by atoms with Crippen molar-refractivity contribution in [2.75, 3.05) is 6.54 Å². The molecule has 0 N–H and O–H groups in total. The molecule has 4 rings (SSSR count). The number of aromatic nitrogens is 4. The highest BCUT2D eigenvalue weighted by Crippen LogP contribution is 2.25. The van der Waals surface area contributed by atoms with Crippen LogP contribution in [0.4, 0.5) is 0 Å². The molecule has 6 nitrogen and oxygen atoms in total. The van der Waals surface area contributed by atoms with Gasteiger partial charge >= 0.3 is 0 Å². The minimum Gasteiger partial charge on any atom is -0.335 e. The molecule has 4 heterocycles. The highest BCUT2D eigenvalue weighted by atomic mass is 16.2. The second-order valence-corrected chi connectivity index (χ2v) is 6.58. The van der Waals surface area contributed by atoms with Crippen LogP contribution in [0.5, 0.6) is 0 Å². The lowest BCUT2D eigenvalue weighted by Crippen LogP contribution is -2.35. The largest absolute Gasteiger partial charge is 0.335 e. The van der Waals surface area contributed by atoms with Gasteiger partial charge in [-0.15, -0.1) is 0 Å². The van der Waals surface area contributed by atoms with Crippen LogP contribution in [0.2, 0.25) is 0 Å². The number of nitrogens with zero attached hydrogens (tertiary/aromatic N) is 5. The van der Waals surface area contributed by atoms with E-state index in [0.29, 0.717) is 11.2 Å². The normalized spacial score (nSPS) is 17.3. The molecular weight excluding hydrogens is 314 g/mol. The van der Waals surface area contributed by atoms with Crippen molar-refractivity contribution in [3.05, 3.63) is 59.8 Å². The number of pyridine rings is 1. The Morgan fingerprint density at radius 3 is 3.12 bits per heavy atom. The predicted octanol–water partition coefficient (Wildman–Crippen LogP) is 2.67. The number of aryl methyl sites for hydroxylation is 2. The fourth-order valence-electron chi connectivity index (χ4n) is 3.63. The Labute approximate surface area is 146 Å². The molecule has 0 radical (unpaired) electrons. The maximum atomic E-state index is 13.0. The van der Waals surface area contributed by atoms with Crippen LogP contribution in [0.3, 0.4) is 0 Å². The monoisotopic (exact) mass is 335 g/mol. The number of fused-ring (bicyclic) bond motifs is 1. The summed E-state index contributed by atoms with van der Waals surface area (Å²) < 4.78 is 1.65. The Hall–Kier alpha value is -2.76. The minimum absolute atomic E-state index is 0.0436. The van der Waals surface area contributed by atoms with E-state index in [2.05, 4.69) is 27.2 Å². The molecule has 3 aromatic rings. The lowest BCUT2D eigenvalue weighted by molar-refractivity contribution is 0.0732. The van der Waals surface area contributed by atoms with Gasteiger partial charge in [-0.1, -0.05) is 0 Å². The van der Waals surface area contributed by atoms with Crippen molar-refractivity contribution >= 4 is 11.6 Å². The van der Waals surface area contributed by atoms with Gasteiger partial charge in [0.05, 0.1) is 6.20 Å². The van der Waals surface area contributed by atoms with E-state index in [0.717, 1.165) is 37.9 Å². The number of amides is 1. The average molecular weight is 335 g/mol. The van der Waals surface area contributed by atoms with Crippen molar-refractivity contribution in [1.29, 1.82) is 0 Å². The number of carbonyl (C=O) groups excluding carboxylic acids is 1. The van der Waals surface area contributed by atoms with Gasteiger partial charge in [0.2, 0.25) is 0 Å². The third-order valence-corrected chi connectivity index (χ3v) is 4.88. The maximum absolute atomic E-state index is 13.0. The zero-order valence-electron chi connectivity index (χ0n) is 14.3. The van der Waals surface area contributed by atoms with Gasteiger partial charge in [-0.2, -0.15) is 5.10 Å². The molecular formula is C19H21N5O. The number of likely N-dealkylation sites (tertiary alicyclic amines) is 1. The molecule has 3 aromatic heterocycles. The van der Waals surface area contributed by atoms with E-state index >= 15 is 0 Å². The van der Waals surface area contributed by atoms with Gasteiger partial charge in [0.1, 0.15) is 5.56 Å². The van der Waals surface area contributed by atoms with Crippen LogP contribution in [0.15, 0.2) is 43.0 Å². The first-order chi connectivity index (χ1) is 12.2. The van der Waals surface area contributed by atoms with Gasteiger partial charge in [-0.3, -0.25) is 9.78 Å². The van der Waals surface area contributed by atoms with Crippen LogP contribution < -0.4 is 0 Å². The Balaban J connectivity index is 1.50. The second-order valence-electron chi connectivity index (χ2n) is 6.58. The summed E-state index contributed by atoms with van der Waals surface area (Å²) in [5.74, 6) is 0.0436. The highest BCUT2D eigenvalue weighted by Gasteiger charge is 2.30. The first-order valence-electron chi connectivity index (χ1n) is 8.73. The van der Waals surface area contributed by atoms with Gasteiger partial charge < -0.3 is 4.90 Å². The lowest BCUT2D eigenvalue weighted by Gasteiger charge is -2.24. The van der Waals surface area contributed by atoms with E-state index in [1.165, 1.54) is 5.56 Å². The third kappa shape index (κ3) is 3.12. The maximum Gasteiger partial charge on any atom is 0.259 e. The smallest absolute Gasteiger partial charge is 0.259 e. The molecule has 0 bridgehead atoms. The van der Waals surface area contributed by atoms with E-state index in [1.807, 2.05) is 30.3 Å². The van der Waals surface area contributed by atoms with E-state index in [4.69, 9.17) is 0 Å². The fourth-order valence-corrected chi connectivity index (χ4v) is 3.63. The first kappa shape index (κ1) is 15.7. The average Bonchev–Trinajstić information content (AvgIpc) is 3.26. The van der Waals surface area contributed by atoms with E-state index < -0.39 is 0 Å². The van der Waals surface area contributed by atoms with Crippen molar-refractivity contribution in [1.82, 2.24) is 24.5 Å². The fraction of sp³-hybridized carbons (Fsp3) is 0.368. The van der Waals surface area contributed by atoms with Crippen molar-refractivity contribution in [3.63, 3.8) is 0 Å². The molecule has 1 atom stereocenters. The summed E-state index contributed by atoms with van der Waals surface area (Å²) in [5.41, 5.74) is 3.54. The van der Waals surface area contributed by atoms with E-state index in [9.17, 15) is 4.79 Å². The molecule has 0 aliphatic carbocycles. The van der Waals surface area contributed by atoms with Gasteiger partial charge in [-0.05, 0) is 56.4 Å². The molecule has 6 heteroatoms. The summed E-state index contributed by atoms with van der Waals surface area (Å²) >= 11 is 0. The summed E-state index contributed by atoms with van der Waals surface area (Å²) in [6, 6.07) is 6.27. The van der Waals surface area contributed by atoms with E-state index in [1.54, 1.807) is 16.9 Å². The highest BCUT2D eigenvalue weighted by molar-refractivity contribution is 5.99. The molecule has 0 aromatic carbocycles. The molecule has 0 spiro atoms. The van der Waals surface area contributed by atoms with Crippen molar-refractivity contribution in [3.8, 4) is 0 Å². The standard InChI is InChI=1S/C19H21N5O/c1-14-12-15(7-9-20-14)5-6-16-4-2-10-23(16)19(25)17-13-22-24-11-3-8-21-18(17)24/h3,7-9,11-13,16H,2,4-6,10H2,1H3/t16-/m1/s1. The van der Waals surface area contributed by atoms with Gasteiger partial charge in [0.15, 0.2) is 5.65 Å². The lowest BCUT2D eigenvalue weighted by atomic mass is 10.0. The third-order valence-electron chi connectivity index (χ3n) is 4.88. The zero-order chi connectivity index (χ0) is 17.2. The molecule has 1 aliphatic rings. The molecule has 1 fully saturated rings. The molecule has 25 heavy (non-hydrogen) atoms. The van der Waals surface area contributed by atoms with Crippen LogP contribution in [-0.2, 0) is 6.42 Å². The molecule has 1 saturated heterocycles. The Bertz CT molecular complexity index is 903. The quantitative estimate of drug-likeness (QED) is 0.735. The number of rotatable bonds is 4. The van der Waals surface area contributed by atoms with Crippen molar-refractivity contribution in [2.45, 2.75) is 38.6 Å². The summed E-state index contributed by atoms with van der Waals surface area (Å²) in [7, 11) is 0. The number of hydrogen-bond donors (Lipinski definition) is 0. The number of carbonyl (C=O) groups is 1. The number of hydrogen-bond acceptors (Lipinski definition) is 4. The zero-order valence-corrected chi connectivity index (χ0v) is 14.3. The molecule has 0 saturated carbocycles. The van der Waals surface area contributed by atoms with Gasteiger partial charge in [-0.25, -0.2) is 9.50 Å². The Kier molecular flexibility index (Phi) is 4.17. The van der Waals surface area contributed by atoms with E-state index in [-0.39, 0.29) is 11.9 Å². The minimum atomic E-state index is 0.0436. The molecule has 0 unspecified atom stereocenters. The van der Waals surface area contributed by atoms with Crippen LogP contribution in [0.25, 0.3) is 5.65 Å². The van der Waals surface area contributed by atoms with Crippen molar-refractivity contribution in [2.24, 2.45) is 0 Å². The van der Waals surface area contributed by atoms with Crippen LogP contribution in [-0.4, -0.2) is 43.0 Å². The van der Waals surface area contributed by atoms with Gasteiger partial charge in [0.25, 0.3) is 5.91 Å². The first-order valence-corrected chi connectivity index (χ1v) is 8.73. The molecule has 128 valence electrons. The van der Waals surface area contributed by atoms with Crippen LogP contribution >= 0.6 is 0 Å². The Morgan fingerprint density at radius 1 is 1.32 bits per heavy atom. The summed E-state index contributed by atoms with van der Waals surface area (Å²) in [6.45, 7) is 2.82. The molecule has 1 aliphatic heterocycles. The van der Waals surface area contributed by atoms with Crippen LogP contribution in [0.1, 0.15) is 40.9 Å². The topological polar surface area (TPSA) is 63.4 Å². The SMILES string of the molecule is Cc1cc(CC[C@H]2CCCN2C(=O)c2cnn3cccnc23)ccn1.